The fourth-order valence-electron chi connectivity index (χ4n) is 2.20. The second-order valence-corrected chi connectivity index (χ2v) is 6.25. The Hall–Kier alpha value is -1.32. The van der Waals surface area contributed by atoms with Crippen molar-refractivity contribution < 1.29 is 4.79 Å². The molecule has 21 heavy (non-hydrogen) atoms. The molecular weight excluding hydrogens is 350 g/mol. The number of hydrogen-bond acceptors (Lipinski definition) is 1. The van der Waals surface area contributed by atoms with Gasteiger partial charge in [0.15, 0.2) is 0 Å². The Bertz CT molecular complexity index is 672. The van der Waals surface area contributed by atoms with Gasteiger partial charge in [0.25, 0.3) is 5.91 Å². The normalized spacial score (nSPS) is 12.0. The maximum atomic E-state index is 12.7. The van der Waals surface area contributed by atoms with Gasteiger partial charge in [-0.05, 0) is 53.0 Å². The van der Waals surface area contributed by atoms with Crippen molar-refractivity contribution in [2.24, 2.45) is 0 Å². The third kappa shape index (κ3) is 3.30. The Morgan fingerprint density at radius 1 is 1.19 bits per heavy atom. The summed E-state index contributed by atoms with van der Waals surface area (Å²) in [5, 5.41) is 0.674. The van der Waals surface area contributed by atoms with E-state index in [1.54, 1.807) is 11.9 Å². The molecule has 2 aromatic rings. The first kappa shape index (κ1) is 16.1. The SMILES string of the molecule is Cc1cccc(C(=O)N(C)C(C)c2ccccc2Cl)c1Br. The standard InChI is InChI=1S/C17H17BrClNO/c1-11-7-6-9-14(16(11)18)17(21)20(3)12(2)13-8-4-5-10-15(13)19/h4-10,12H,1-3H3. The molecule has 0 aromatic heterocycles. The minimum absolute atomic E-state index is 0.0296. The number of benzene rings is 2. The fraction of sp³-hybridized carbons (Fsp3) is 0.235. The highest BCUT2D eigenvalue weighted by Gasteiger charge is 2.22. The van der Waals surface area contributed by atoms with Gasteiger partial charge in [-0.15, -0.1) is 0 Å². The van der Waals surface area contributed by atoms with Crippen LogP contribution in [-0.4, -0.2) is 17.9 Å². The molecule has 2 nitrogen and oxygen atoms in total. The van der Waals surface area contributed by atoms with E-state index in [0.29, 0.717) is 10.6 Å². The minimum atomic E-state index is -0.0985. The zero-order chi connectivity index (χ0) is 15.6. The Morgan fingerprint density at radius 3 is 2.52 bits per heavy atom. The molecule has 1 atom stereocenters. The molecule has 0 N–H and O–H groups in total. The van der Waals surface area contributed by atoms with Crippen molar-refractivity contribution in [3.8, 4) is 0 Å². The largest absolute Gasteiger partial charge is 0.335 e. The van der Waals surface area contributed by atoms with Crippen LogP contribution in [0.3, 0.4) is 0 Å². The lowest BCUT2D eigenvalue weighted by molar-refractivity contribution is 0.0741. The predicted molar refractivity (Wildman–Crippen MR) is 90.8 cm³/mol. The number of amides is 1. The Labute approximate surface area is 138 Å². The number of rotatable bonds is 3. The van der Waals surface area contributed by atoms with Gasteiger partial charge in [-0.2, -0.15) is 0 Å². The molecule has 1 unspecified atom stereocenters. The topological polar surface area (TPSA) is 20.3 Å². The van der Waals surface area contributed by atoms with E-state index in [2.05, 4.69) is 15.9 Å². The van der Waals surface area contributed by atoms with Crippen molar-refractivity contribution in [2.45, 2.75) is 19.9 Å². The third-order valence-electron chi connectivity index (χ3n) is 3.68. The van der Waals surface area contributed by atoms with Crippen molar-refractivity contribution in [3.63, 3.8) is 0 Å². The van der Waals surface area contributed by atoms with Crippen LogP contribution in [0.1, 0.15) is 34.5 Å². The van der Waals surface area contributed by atoms with Gasteiger partial charge in [0.1, 0.15) is 0 Å². The summed E-state index contributed by atoms with van der Waals surface area (Å²) in [5.74, 6) is -0.0296. The molecule has 0 spiro atoms. The summed E-state index contributed by atoms with van der Waals surface area (Å²) in [7, 11) is 1.80. The van der Waals surface area contributed by atoms with Gasteiger partial charge in [0, 0.05) is 16.5 Å². The second-order valence-electron chi connectivity index (χ2n) is 5.05. The zero-order valence-electron chi connectivity index (χ0n) is 12.2. The molecule has 0 saturated heterocycles. The smallest absolute Gasteiger partial charge is 0.255 e. The molecule has 2 aromatic carbocycles. The van der Waals surface area contributed by atoms with Crippen LogP contribution >= 0.6 is 27.5 Å². The first-order chi connectivity index (χ1) is 9.93. The molecule has 0 saturated carbocycles. The van der Waals surface area contributed by atoms with Gasteiger partial charge in [-0.1, -0.05) is 41.9 Å². The van der Waals surface area contributed by atoms with Crippen molar-refractivity contribution in [1.29, 1.82) is 0 Å². The van der Waals surface area contributed by atoms with Crippen molar-refractivity contribution in [3.05, 3.63) is 68.7 Å². The Balaban J connectivity index is 2.31. The van der Waals surface area contributed by atoms with Crippen LogP contribution in [-0.2, 0) is 0 Å². The molecule has 0 heterocycles. The lowest BCUT2D eigenvalue weighted by Gasteiger charge is -2.26. The molecule has 0 bridgehead atoms. The molecule has 4 heteroatoms. The highest BCUT2D eigenvalue weighted by atomic mass is 79.9. The van der Waals surface area contributed by atoms with Gasteiger partial charge < -0.3 is 4.90 Å². The van der Waals surface area contributed by atoms with E-state index >= 15 is 0 Å². The van der Waals surface area contributed by atoms with Gasteiger partial charge in [0.2, 0.25) is 0 Å². The highest BCUT2D eigenvalue weighted by molar-refractivity contribution is 9.10. The molecule has 0 aliphatic rings. The number of aryl methyl sites for hydroxylation is 1. The molecule has 2 rings (SSSR count). The monoisotopic (exact) mass is 365 g/mol. The van der Waals surface area contributed by atoms with E-state index in [0.717, 1.165) is 15.6 Å². The van der Waals surface area contributed by atoms with Crippen molar-refractivity contribution in [2.75, 3.05) is 7.05 Å². The van der Waals surface area contributed by atoms with E-state index in [9.17, 15) is 4.79 Å². The molecular formula is C17H17BrClNO. The summed E-state index contributed by atoms with van der Waals surface area (Å²) in [6.07, 6.45) is 0. The Kier molecular flexibility index (Phi) is 5.07. The van der Waals surface area contributed by atoms with E-state index < -0.39 is 0 Å². The molecule has 0 fully saturated rings. The fourth-order valence-corrected chi connectivity index (χ4v) is 2.93. The highest BCUT2D eigenvalue weighted by Crippen LogP contribution is 2.29. The van der Waals surface area contributed by atoms with Gasteiger partial charge in [0.05, 0.1) is 11.6 Å². The van der Waals surface area contributed by atoms with Gasteiger partial charge >= 0.3 is 0 Å². The summed E-state index contributed by atoms with van der Waals surface area (Å²) >= 11 is 9.72. The van der Waals surface area contributed by atoms with Gasteiger partial charge in [-0.25, -0.2) is 0 Å². The molecule has 1 amide bonds. The molecule has 0 aliphatic carbocycles. The summed E-state index contributed by atoms with van der Waals surface area (Å²) in [6.45, 7) is 3.95. The molecule has 110 valence electrons. The first-order valence-electron chi connectivity index (χ1n) is 6.70. The number of hydrogen-bond donors (Lipinski definition) is 0. The van der Waals surface area contributed by atoms with Gasteiger partial charge in [-0.3, -0.25) is 4.79 Å². The van der Waals surface area contributed by atoms with Crippen molar-refractivity contribution >= 4 is 33.4 Å². The number of nitrogens with zero attached hydrogens (tertiary/aromatic N) is 1. The predicted octanol–water partition coefficient (Wildman–Crippen LogP) is 5.24. The lowest BCUT2D eigenvalue weighted by Crippen LogP contribution is -2.30. The number of carbonyl (C=O) groups is 1. The lowest BCUT2D eigenvalue weighted by atomic mass is 10.1. The van der Waals surface area contributed by atoms with Crippen LogP contribution < -0.4 is 0 Å². The van der Waals surface area contributed by atoms with Crippen LogP contribution in [0.4, 0.5) is 0 Å². The summed E-state index contributed by atoms with van der Waals surface area (Å²) in [5.41, 5.74) is 2.65. The van der Waals surface area contributed by atoms with E-state index in [4.69, 9.17) is 11.6 Å². The van der Waals surface area contributed by atoms with Crippen LogP contribution in [0.25, 0.3) is 0 Å². The van der Waals surface area contributed by atoms with E-state index in [1.807, 2.05) is 56.3 Å². The third-order valence-corrected chi connectivity index (χ3v) is 5.08. The van der Waals surface area contributed by atoms with Crippen LogP contribution in [0.15, 0.2) is 46.9 Å². The summed E-state index contributed by atoms with van der Waals surface area (Å²) < 4.78 is 0.841. The van der Waals surface area contributed by atoms with Crippen LogP contribution in [0, 0.1) is 6.92 Å². The molecule has 0 aliphatic heterocycles. The van der Waals surface area contributed by atoms with Crippen LogP contribution in [0.2, 0.25) is 5.02 Å². The summed E-state index contributed by atoms with van der Waals surface area (Å²) in [6, 6.07) is 13.2. The quantitative estimate of drug-likeness (QED) is 0.727. The first-order valence-corrected chi connectivity index (χ1v) is 7.87. The average molecular weight is 367 g/mol. The minimum Gasteiger partial charge on any atom is -0.335 e. The second kappa shape index (κ2) is 6.63. The molecule has 0 radical (unpaired) electrons. The van der Waals surface area contributed by atoms with E-state index in [1.165, 1.54) is 0 Å². The number of carbonyl (C=O) groups excluding carboxylic acids is 1. The maximum absolute atomic E-state index is 12.7. The average Bonchev–Trinajstić information content (AvgIpc) is 2.48. The maximum Gasteiger partial charge on any atom is 0.255 e. The van der Waals surface area contributed by atoms with Crippen LogP contribution in [0.5, 0.6) is 0 Å². The van der Waals surface area contributed by atoms with Crippen molar-refractivity contribution in [1.82, 2.24) is 4.90 Å². The summed E-state index contributed by atoms with van der Waals surface area (Å²) in [4.78, 5) is 14.4. The Morgan fingerprint density at radius 2 is 1.86 bits per heavy atom. The zero-order valence-corrected chi connectivity index (χ0v) is 14.6. The van der Waals surface area contributed by atoms with E-state index in [-0.39, 0.29) is 11.9 Å². The number of halogens is 2.